The summed E-state index contributed by atoms with van der Waals surface area (Å²) in [7, 11) is 1.68. The summed E-state index contributed by atoms with van der Waals surface area (Å²) in [5, 5.41) is 7.51. The Hall–Kier alpha value is -0.770. The molecular formula is C21H36ClIN4O2. The van der Waals surface area contributed by atoms with Gasteiger partial charge in [0.2, 0.25) is 0 Å². The average molecular weight is 539 g/mol. The molecule has 0 spiro atoms. The van der Waals surface area contributed by atoms with Gasteiger partial charge in [0.25, 0.3) is 0 Å². The Kier molecular flexibility index (Phi) is 13.7. The van der Waals surface area contributed by atoms with Crippen LogP contribution in [-0.4, -0.2) is 65.6 Å². The number of rotatable bonds is 11. The quantitative estimate of drug-likeness (QED) is 0.195. The van der Waals surface area contributed by atoms with Crippen molar-refractivity contribution in [3.8, 4) is 0 Å². The van der Waals surface area contributed by atoms with Gasteiger partial charge in [-0.1, -0.05) is 17.7 Å². The molecule has 1 heterocycles. The van der Waals surface area contributed by atoms with Crippen molar-refractivity contribution in [3.63, 3.8) is 0 Å². The topological polar surface area (TPSA) is 58.1 Å². The fourth-order valence-corrected chi connectivity index (χ4v) is 3.48. The lowest BCUT2D eigenvalue weighted by atomic mass is 10.1. The predicted octanol–water partition coefficient (Wildman–Crippen LogP) is 3.70. The van der Waals surface area contributed by atoms with E-state index in [0.717, 1.165) is 63.2 Å². The van der Waals surface area contributed by atoms with Crippen LogP contribution in [0.4, 0.5) is 5.69 Å². The minimum absolute atomic E-state index is 0. The first kappa shape index (κ1) is 26.3. The van der Waals surface area contributed by atoms with Crippen molar-refractivity contribution in [1.82, 2.24) is 10.6 Å². The van der Waals surface area contributed by atoms with Crippen LogP contribution in [0.15, 0.2) is 23.2 Å². The zero-order valence-corrected chi connectivity index (χ0v) is 21.0. The number of hydrogen-bond donors (Lipinski definition) is 2. The van der Waals surface area contributed by atoms with Gasteiger partial charge in [0.15, 0.2) is 5.96 Å². The minimum Gasteiger partial charge on any atom is -0.382 e. The van der Waals surface area contributed by atoms with Crippen molar-refractivity contribution in [1.29, 1.82) is 0 Å². The largest absolute Gasteiger partial charge is 0.382 e. The number of aliphatic imine (C=N–C) groups is 1. The van der Waals surface area contributed by atoms with Crippen LogP contribution < -0.4 is 15.5 Å². The molecular weight excluding hydrogens is 503 g/mol. The van der Waals surface area contributed by atoms with E-state index in [4.69, 9.17) is 26.1 Å². The number of benzene rings is 1. The Labute approximate surface area is 197 Å². The Morgan fingerprint density at radius 2 is 2.10 bits per heavy atom. The smallest absolute Gasteiger partial charge is 0.191 e. The summed E-state index contributed by atoms with van der Waals surface area (Å²) < 4.78 is 10.5. The van der Waals surface area contributed by atoms with Gasteiger partial charge in [-0.05, 0) is 50.3 Å². The van der Waals surface area contributed by atoms with E-state index in [9.17, 15) is 0 Å². The first-order valence-corrected chi connectivity index (χ1v) is 10.6. The van der Waals surface area contributed by atoms with Gasteiger partial charge in [0, 0.05) is 57.2 Å². The molecule has 1 aliphatic heterocycles. The Balaban J connectivity index is 0.00000420. The summed E-state index contributed by atoms with van der Waals surface area (Å²) >= 11 is 6.18. The summed E-state index contributed by atoms with van der Waals surface area (Å²) in [5.74, 6) is 1.45. The van der Waals surface area contributed by atoms with Crippen molar-refractivity contribution in [3.05, 3.63) is 28.8 Å². The number of methoxy groups -OCH3 is 1. The third kappa shape index (κ3) is 9.72. The van der Waals surface area contributed by atoms with Gasteiger partial charge in [0.1, 0.15) is 0 Å². The van der Waals surface area contributed by atoms with Crippen LogP contribution >= 0.6 is 35.6 Å². The zero-order chi connectivity index (χ0) is 20.2. The van der Waals surface area contributed by atoms with Crippen LogP contribution in [0, 0.1) is 12.8 Å². The second-order valence-corrected chi connectivity index (χ2v) is 7.57. The first-order valence-electron chi connectivity index (χ1n) is 10.2. The number of ether oxygens (including phenoxy) is 2. The van der Waals surface area contributed by atoms with Crippen molar-refractivity contribution in [2.24, 2.45) is 10.9 Å². The molecule has 0 saturated carbocycles. The highest BCUT2D eigenvalue weighted by Gasteiger charge is 2.23. The van der Waals surface area contributed by atoms with Crippen LogP contribution in [0.1, 0.15) is 25.3 Å². The molecule has 6 nitrogen and oxygen atoms in total. The summed E-state index contributed by atoms with van der Waals surface area (Å²) in [5.41, 5.74) is 2.52. The molecule has 0 aromatic heterocycles. The maximum absolute atomic E-state index is 6.18. The number of nitrogens with zero attached hydrogens (tertiary/aromatic N) is 2. The van der Waals surface area contributed by atoms with Crippen LogP contribution in [0.5, 0.6) is 0 Å². The molecule has 1 aromatic carbocycles. The Morgan fingerprint density at radius 3 is 2.86 bits per heavy atom. The van der Waals surface area contributed by atoms with Crippen molar-refractivity contribution in [2.45, 2.75) is 26.7 Å². The van der Waals surface area contributed by atoms with Crippen molar-refractivity contribution < 1.29 is 9.47 Å². The molecule has 1 aliphatic rings. The van der Waals surface area contributed by atoms with Gasteiger partial charge >= 0.3 is 0 Å². The monoisotopic (exact) mass is 538 g/mol. The van der Waals surface area contributed by atoms with E-state index in [0.29, 0.717) is 19.1 Å². The van der Waals surface area contributed by atoms with Crippen LogP contribution in [0.25, 0.3) is 0 Å². The number of anilines is 1. The fraction of sp³-hybridized carbons (Fsp3) is 0.667. The van der Waals surface area contributed by atoms with Crippen LogP contribution in [0.2, 0.25) is 5.02 Å². The van der Waals surface area contributed by atoms with E-state index < -0.39 is 0 Å². The molecule has 1 aromatic rings. The van der Waals surface area contributed by atoms with Crippen molar-refractivity contribution in [2.75, 3.05) is 64.6 Å². The van der Waals surface area contributed by atoms with Gasteiger partial charge in [0.05, 0.1) is 13.2 Å². The lowest BCUT2D eigenvalue weighted by molar-refractivity contribution is 0.0698. The molecule has 8 heteroatoms. The highest BCUT2D eigenvalue weighted by molar-refractivity contribution is 14.0. The van der Waals surface area contributed by atoms with E-state index in [1.807, 2.05) is 6.07 Å². The molecule has 1 unspecified atom stereocenters. The molecule has 0 aliphatic carbocycles. The summed E-state index contributed by atoms with van der Waals surface area (Å²) in [6, 6.07) is 6.12. The molecule has 0 bridgehead atoms. The van der Waals surface area contributed by atoms with E-state index >= 15 is 0 Å². The predicted molar refractivity (Wildman–Crippen MR) is 133 cm³/mol. The van der Waals surface area contributed by atoms with E-state index in [1.54, 1.807) is 7.11 Å². The highest BCUT2D eigenvalue weighted by Crippen LogP contribution is 2.29. The summed E-state index contributed by atoms with van der Waals surface area (Å²) in [6.45, 7) is 10.9. The Morgan fingerprint density at radius 1 is 1.28 bits per heavy atom. The molecule has 166 valence electrons. The van der Waals surface area contributed by atoms with Gasteiger partial charge in [-0.25, -0.2) is 0 Å². The fourth-order valence-electron chi connectivity index (χ4n) is 3.31. The number of hydrogen-bond acceptors (Lipinski definition) is 4. The molecule has 1 fully saturated rings. The van der Waals surface area contributed by atoms with Crippen molar-refractivity contribution >= 4 is 47.2 Å². The van der Waals surface area contributed by atoms with Gasteiger partial charge in [-0.2, -0.15) is 0 Å². The summed E-state index contributed by atoms with van der Waals surface area (Å²) in [4.78, 5) is 7.22. The second-order valence-electron chi connectivity index (χ2n) is 7.14. The van der Waals surface area contributed by atoms with Gasteiger partial charge in [-0.15, -0.1) is 24.0 Å². The molecule has 2 rings (SSSR count). The van der Waals surface area contributed by atoms with Crippen LogP contribution in [0.3, 0.4) is 0 Å². The first-order chi connectivity index (χ1) is 13.6. The van der Waals surface area contributed by atoms with Crippen LogP contribution in [-0.2, 0) is 9.47 Å². The molecule has 1 atom stereocenters. The lowest BCUT2D eigenvalue weighted by Gasteiger charge is -2.21. The zero-order valence-electron chi connectivity index (χ0n) is 17.9. The third-order valence-electron chi connectivity index (χ3n) is 4.84. The standard InChI is InChI=1S/C21H35ClN4O2.HI/c1-4-23-21(24-9-5-11-28-13-12-27-3)25-15-18-8-10-26(16-18)20-14-19(22)7-6-17(20)2;/h6-7,14,18H,4-5,8-13,15-16H2,1-3H3,(H2,23,24,25);1H. The molecule has 0 amide bonds. The Bertz CT molecular complexity index is 618. The average Bonchev–Trinajstić information content (AvgIpc) is 3.16. The number of nitrogens with one attached hydrogen (secondary N) is 2. The SMILES string of the molecule is CCNC(=NCC1CCN(c2cc(Cl)ccc2C)C1)NCCCOCCOC.I. The number of aryl methyl sites for hydroxylation is 1. The maximum atomic E-state index is 6.18. The molecule has 2 N–H and O–H groups in total. The molecule has 0 radical (unpaired) electrons. The van der Waals surface area contributed by atoms with E-state index in [1.165, 1.54) is 11.3 Å². The lowest BCUT2D eigenvalue weighted by Crippen LogP contribution is -2.38. The highest BCUT2D eigenvalue weighted by atomic mass is 127. The van der Waals surface area contributed by atoms with E-state index in [-0.39, 0.29) is 24.0 Å². The minimum atomic E-state index is 0. The number of halogens is 2. The maximum Gasteiger partial charge on any atom is 0.191 e. The van der Waals surface area contributed by atoms with E-state index in [2.05, 4.69) is 41.5 Å². The second kappa shape index (κ2) is 15.1. The van der Waals surface area contributed by atoms with Gasteiger partial charge < -0.3 is 25.0 Å². The number of guanidine groups is 1. The molecule has 1 saturated heterocycles. The molecule has 29 heavy (non-hydrogen) atoms. The normalized spacial score (nSPS) is 16.6. The third-order valence-corrected chi connectivity index (χ3v) is 5.07. The van der Waals surface area contributed by atoms with Gasteiger partial charge in [-0.3, -0.25) is 4.99 Å². The summed E-state index contributed by atoms with van der Waals surface area (Å²) in [6.07, 6.45) is 2.10.